The van der Waals surface area contributed by atoms with E-state index in [1.807, 2.05) is 39.8 Å². The smallest absolute Gasteiger partial charge is 0.250 e. The molecule has 0 radical (unpaired) electrons. The highest BCUT2D eigenvalue weighted by atomic mass is 28.4. The van der Waals surface area contributed by atoms with Gasteiger partial charge in [0.1, 0.15) is 22.7 Å². The number of hydrogen-bond donors (Lipinski definition) is 0. The summed E-state index contributed by atoms with van der Waals surface area (Å²) in [6.07, 6.45) is 0. The Bertz CT molecular complexity index is 1270. The summed E-state index contributed by atoms with van der Waals surface area (Å²) in [5, 5.41) is 1.34. The average molecular weight is 513 g/mol. The minimum Gasteiger partial charge on any atom is -0.543 e. The van der Waals surface area contributed by atoms with Crippen LogP contribution in [0.15, 0.2) is 21.3 Å². The molecular weight excluding hydrogens is 468 g/mol. The Morgan fingerprint density at radius 2 is 0.971 bits per heavy atom. The van der Waals surface area contributed by atoms with Crippen molar-refractivity contribution in [3.05, 3.63) is 44.6 Å². The van der Waals surface area contributed by atoms with E-state index >= 15 is 0 Å². The number of fused-ring (bicyclic) bond motifs is 2. The molecule has 1 heterocycles. The van der Waals surface area contributed by atoms with E-state index in [2.05, 4.69) is 67.7 Å². The first kappa shape index (κ1) is 27.5. The summed E-state index contributed by atoms with van der Waals surface area (Å²) in [5.74, 6) is 1.68. The predicted octanol–water partition coefficient (Wildman–Crippen LogP) is 8.95. The van der Waals surface area contributed by atoms with Gasteiger partial charge in [-0.1, -0.05) is 41.5 Å². The summed E-state index contributed by atoms with van der Waals surface area (Å²) in [7, 11) is -4.14. The second kappa shape index (κ2) is 8.51. The summed E-state index contributed by atoms with van der Waals surface area (Å²) in [6.45, 7) is 30.4. The standard InChI is InChI=1S/C29H44O4Si2/c1-17-15-21-23(30)22-16-18(2)25(33-35(13,14)29(8,9)10)20(4)27(22)31-26(21)19(3)24(17)32-34(11,12)28(5,6)7/h15-16H,1-14H3. The molecule has 3 rings (SSSR count). The Labute approximate surface area is 213 Å². The monoisotopic (exact) mass is 512 g/mol. The second-order valence-corrected chi connectivity index (χ2v) is 22.7. The van der Waals surface area contributed by atoms with E-state index < -0.39 is 16.6 Å². The van der Waals surface area contributed by atoms with Crippen molar-refractivity contribution in [1.29, 1.82) is 0 Å². The Hall–Kier alpha value is -2.06. The number of hydrogen-bond acceptors (Lipinski definition) is 4. The van der Waals surface area contributed by atoms with Gasteiger partial charge in [-0.15, -0.1) is 0 Å². The first-order chi connectivity index (χ1) is 15.7. The third kappa shape index (κ3) is 4.71. The zero-order valence-corrected chi connectivity index (χ0v) is 26.3. The van der Waals surface area contributed by atoms with Gasteiger partial charge >= 0.3 is 0 Å². The maximum absolute atomic E-state index is 13.7. The van der Waals surface area contributed by atoms with Crippen LogP contribution in [0.3, 0.4) is 0 Å². The molecule has 4 nitrogen and oxygen atoms in total. The van der Waals surface area contributed by atoms with Crippen molar-refractivity contribution >= 4 is 38.6 Å². The van der Waals surface area contributed by atoms with Gasteiger partial charge in [0.2, 0.25) is 5.43 Å². The normalized spacial score (nSPS) is 13.5. The molecule has 0 spiro atoms. The molecule has 0 fully saturated rings. The van der Waals surface area contributed by atoms with Gasteiger partial charge in [0.25, 0.3) is 16.6 Å². The molecule has 2 aromatic carbocycles. The molecule has 0 aliphatic heterocycles. The highest BCUT2D eigenvalue weighted by Gasteiger charge is 2.41. The molecule has 0 saturated heterocycles. The molecule has 3 aromatic rings. The number of benzene rings is 2. The highest BCUT2D eigenvalue weighted by Crippen LogP contribution is 2.43. The van der Waals surface area contributed by atoms with Crippen molar-refractivity contribution in [2.24, 2.45) is 0 Å². The third-order valence-corrected chi connectivity index (χ3v) is 17.0. The zero-order chi connectivity index (χ0) is 26.9. The number of aryl methyl sites for hydroxylation is 4. The summed E-state index contributed by atoms with van der Waals surface area (Å²) >= 11 is 0. The third-order valence-electron chi connectivity index (χ3n) is 8.31. The molecule has 0 bridgehead atoms. The van der Waals surface area contributed by atoms with Gasteiger partial charge in [-0.3, -0.25) is 4.79 Å². The molecule has 0 saturated carbocycles. The molecule has 0 atom stereocenters. The van der Waals surface area contributed by atoms with Crippen molar-refractivity contribution in [2.45, 2.75) is 106 Å². The van der Waals surface area contributed by atoms with E-state index in [0.29, 0.717) is 21.9 Å². The van der Waals surface area contributed by atoms with Gasteiger partial charge in [0.05, 0.1) is 10.8 Å². The molecule has 192 valence electrons. The van der Waals surface area contributed by atoms with Crippen LogP contribution in [0.1, 0.15) is 63.8 Å². The van der Waals surface area contributed by atoms with Crippen LogP contribution < -0.4 is 14.3 Å². The second-order valence-electron chi connectivity index (χ2n) is 13.2. The molecule has 1 aromatic heterocycles. The summed E-state index contributed by atoms with van der Waals surface area (Å²) in [5.41, 5.74) is 4.91. The van der Waals surface area contributed by atoms with E-state index in [9.17, 15) is 4.79 Å². The van der Waals surface area contributed by atoms with Crippen molar-refractivity contribution in [2.75, 3.05) is 0 Å². The van der Waals surface area contributed by atoms with E-state index in [-0.39, 0.29) is 15.5 Å². The van der Waals surface area contributed by atoms with Gasteiger partial charge in [0, 0.05) is 11.1 Å². The van der Waals surface area contributed by atoms with Crippen LogP contribution >= 0.6 is 0 Å². The first-order valence-electron chi connectivity index (χ1n) is 12.6. The lowest BCUT2D eigenvalue weighted by Gasteiger charge is -2.37. The van der Waals surface area contributed by atoms with Crippen LogP contribution in [0.2, 0.25) is 36.3 Å². The molecule has 0 amide bonds. The highest BCUT2D eigenvalue weighted by molar-refractivity contribution is 6.75. The largest absolute Gasteiger partial charge is 0.543 e. The lowest BCUT2D eigenvalue weighted by Crippen LogP contribution is -2.44. The van der Waals surface area contributed by atoms with Crippen molar-refractivity contribution < 1.29 is 13.3 Å². The average Bonchev–Trinajstić information content (AvgIpc) is 2.68. The van der Waals surface area contributed by atoms with Gasteiger partial charge in [-0.25, -0.2) is 0 Å². The van der Waals surface area contributed by atoms with Gasteiger partial charge in [-0.05, 0) is 87.2 Å². The molecule has 0 unspecified atom stereocenters. The van der Waals surface area contributed by atoms with Crippen LogP contribution in [0.25, 0.3) is 21.9 Å². The van der Waals surface area contributed by atoms with Crippen molar-refractivity contribution in [3.8, 4) is 11.5 Å². The fraction of sp³-hybridized carbons (Fsp3) is 0.552. The van der Waals surface area contributed by atoms with E-state index in [1.165, 1.54) is 0 Å². The van der Waals surface area contributed by atoms with Crippen LogP contribution in [-0.2, 0) is 0 Å². The predicted molar refractivity (Wildman–Crippen MR) is 155 cm³/mol. The summed E-state index contributed by atoms with van der Waals surface area (Å²) in [4.78, 5) is 13.7. The molecular formula is C29H44O4Si2. The van der Waals surface area contributed by atoms with E-state index in [0.717, 1.165) is 33.8 Å². The Kier molecular flexibility index (Phi) is 6.70. The Morgan fingerprint density at radius 3 is 1.26 bits per heavy atom. The fourth-order valence-corrected chi connectivity index (χ4v) is 6.14. The lowest BCUT2D eigenvalue weighted by molar-refractivity contribution is 0.484. The Balaban J connectivity index is 2.32. The summed E-state index contributed by atoms with van der Waals surface area (Å²) < 4.78 is 20.0. The molecule has 0 N–H and O–H groups in total. The summed E-state index contributed by atoms with van der Waals surface area (Å²) in [6, 6.07) is 3.86. The minimum atomic E-state index is -2.07. The van der Waals surface area contributed by atoms with Crippen LogP contribution in [0.4, 0.5) is 0 Å². The number of rotatable bonds is 4. The SMILES string of the molecule is Cc1cc2c(=O)c3cc(C)c(O[Si](C)(C)C(C)(C)C)c(C)c3oc2c(C)c1O[Si](C)(C)C(C)(C)C. The molecule has 0 aliphatic carbocycles. The van der Waals surface area contributed by atoms with Crippen molar-refractivity contribution in [1.82, 2.24) is 0 Å². The lowest BCUT2D eigenvalue weighted by atomic mass is 10.0. The minimum absolute atomic E-state index is 0.00333. The van der Waals surface area contributed by atoms with E-state index in [4.69, 9.17) is 13.3 Å². The Morgan fingerprint density at radius 1 is 0.657 bits per heavy atom. The maximum atomic E-state index is 13.7. The van der Waals surface area contributed by atoms with Crippen LogP contribution in [0.5, 0.6) is 11.5 Å². The topological polar surface area (TPSA) is 48.7 Å². The van der Waals surface area contributed by atoms with Gasteiger partial charge in [0.15, 0.2) is 0 Å². The first-order valence-corrected chi connectivity index (χ1v) is 18.4. The zero-order valence-electron chi connectivity index (χ0n) is 24.3. The van der Waals surface area contributed by atoms with E-state index in [1.54, 1.807) is 0 Å². The van der Waals surface area contributed by atoms with Crippen LogP contribution in [0, 0.1) is 27.7 Å². The van der Waals surface area contributed by atoms with Gasteiger partial charge in [-0.2, -0.15) is 0 Å². The molecule has 35 heavy (non-hydrogen) atoms. The van der Waals surface area contributed by atoms with Crippen LogP contribution in [-0.4, -0.2) is 16.6 Å². The van der Waals surface area contributed by atoms with Gasteiger partial charge < -0.3 is 13.3 Å². The fourth-order valence-electron chi connectivity index (χ4n) is 3.88. The quantitative estimate of drug-likeness (QED) is 0.258. The molecule has 6 heteroatoms. The maximum Gasteiger partial charge on any atom is 0.250 e. The molecule has 0 aliphatic rings. The van der Waals surface area contributed by atoms with Crippen molar-refractivity contribution in [3.63, 3.8) is 0 Å².